The molecule has 1 aromatic rings. The molecule has 0 saturated heterocycles. The maximum atomic E-state index is 11.3. The van der Waals surface area contributed by atoms with Crippen molar-refractivity contribution in [2.75, 3.05) is 4.93 Å². The zero-order valence-electron chi connectivity index (χ0n) is 6.32. The van der Waals surface area contributed by atoms with Gasteiger partial charge in [-0.1, -0.05) is 0 Å². The number of rotatable bonds is 0. The number of fused-ring (bicyclic) bond motifs is 1. The van der Waals surface area contributed by atoms with Crippen LogP contribution in [0.2, 0.25) is 0 Å². The number of hydrogen-bond acceptors (Lipinski definition) is 3. The van der Waals surface area contributed by atoms with Crippen molar-refractivity contribution in [3.05, 3.63) is 27.8 Å². The van der Waals surface area contributed by atoms with Crippen molar-refractivity contribution in [2.24, 2.45) is 0 Å². The van der Waals surface area contributed by atoms with E-state index in [0.717, 1.165) is 3.57 Å². The molecule has 2 rings (SSSR count). The molecule has 0 radical (unpaired) electrons. The summed E-state index contributed by atoms with van der Waals surface area (Å²) >= 11 is -1.83. The molecule has 1 aliphatic heterocycles. The van der Waals surface area contributed by atoms with Crippen molar-refractivity contribution in [3.63, 3.8) is 0 Å². The predicted octanol–water partition coefficient (Wildman–Crippen LogP) is 1.63. The van der Waals surface area contributed by atoms with E-state index in [-0.39, 0.29) is 0 Å². The van der Waals surface area contributed by atoms with Gasteiger partial charge in [-0.05, 0) is 0 Å². The summed E-state index contributed by atoms with van der Waals surface area (Å²) in [6.45, 7) is 0. The Kier molecular flexibility index (Phi) is 1.89. The fourth-order valence-electron chi connectivity index (χ4n) is 1.06. The van der Waals surface area contributed by atoms with E-state index in [2.05, 4.69) is 0 Å². The van der Waals surface area contributed by atoms with Crippen molar-refractivity contribution in [3.8, 4) is 0 Å². The minimum absolute atomic E-state index is 0.373. The summed E-state index contributed by atoms with van der Waals surface area (Å²) in [5.41, 5.74) is 0. The molecule has 1 heterocycles. The number of alkyl halides is 1. The molecular formula is C7H7IO3S. The van der Waals surface area contributed by atoms with Crippen LogP contribution in [0.25, 0.3) is 0 Å². The van der Waals surface area contributed by atoms with Gasteiger partial charge >= 0.3 is 78.9 Å². The molecule has 0 atom stereocenters. The Hall–Kier alpha value is -0.140. The summed E-state index contributed by atoms with van der Waals surface area (Å²) in [6, 6.07) is 7.00. The second-order valence-electron chi connectivity index (χ2n) is 2.37. The fourth-order valence-corrected chi connectivity index (χ4v) is 8.47. The molecule has 0 unspecified atom stereocenters. The first-order valence-corrected chi connectivity index (χ1v) is 8.78. The first-order chi connectivity index (χ1) is 5.61. The fraction of sp³-hybridized carbons (Fsp3) is 0.143. The number of benzene rings is 1. The Labute approximate surface area is 78.8 Å². The van der Waals surface area contributed by atoms with Gasteiger partial charge in [-0.15, -0.1) is 0 Å². The van der Waals surface area contributed by atoms with E-state index >= 15 is 0 Å². The Morgan fingerprint density at radius 1 is 1.33 bits per heavy atom. The molecule has 0 aromatic heterocycles. The molecule has 5 heteroatoms. The maximum absolute atomic E-state index is 11.3. The average Bonchev–Trinajstić information content (AvgIpc) is 2.25. The molecule has 1 aliphatic rings. The molecule has 0 amide bonds. The SMILES string of the molecule is CI1OS(=O)(=O)c2ccccc21. The van der Waals surface area contributed by atoms with Gasteiger partial charge in [0.05, 0.1) is 0 Å². The van der Waals surface area contributed by atoms with Crippen LogP contribution in [0.3, 0.4) is 0 Å². The van der Waals surface area contributed by atoms with Gasteiger partial charge in [0.15, 0.2) is 0 Å². The third kappa shape index (κ3) is 1.16. The summed E-state index contributed by atoms with van der Waals surface area (Å²) < 4.78 is 28.4. The van der Waals surface area contributed by atoms with E-state index in [4.69, 9.17) is 2.51 Å². The molecule has 0 aliphatic carbocycles. The second kappa shape index (κ2) is 2.68. The normalized spacial score (nSPS) is 22.2. The van der Waals surface area contributed by atoms with Gasteiger partial charge in [-0.25, -0.2) is 0 Å². The van der Waals surface area contributed by atoms with Gasteiger partial charge in [0.2, 0.25) is 0 Å². The van der Waals surface area contributed by atoms with Crippen LogP contribution in [0.4, 0.5) is 0 Å². The minimum atomic E-state index is -3.39. The van der Waals surface area contributed by atoms with E-state index in [9.17, 15) is 8.42 Å². The first kappa shape index (κ1) is 8.46. The molecule has 3 nitrogen and oxygen atoms in total. The molecule has 0 fully saturated rings. The molecule has 0 spiro atoms. The van der Waals surface area contributed by atoms with Crippen molar-refractivity contribution >= 4 is 30.4 Å². The second-order valence-corrected chi connectivity index (χ2v) is 8.48. The van der Waals surface area contributed by atoms with Crippen molar-refractivity contribution in [1.82, 2.24) is 0 Å². The Balaban J connectivity index is 2.74. The predicted molar refractivity (Wildman–Crippen MR) is 53.4 cm³/mol. The summed E-state index contributed by atoms with van der Waals surface area (Å²) in [4.78, 5) is 2.26. The van der Waals surface area contributed by atoms with Gasteiger partial charge in [-0.3, -0.25) is 0 Å². The summed E-state index contributed by atoms with van der Waals surface area (Å²) in [6.07, 6.45) is 0. The molecule has 0 N–H and O–H groups in total. The number of hydrogen-bond donors (Lipinski definition) is 0. The molecule has 1 aromatic carbocycles. The van der Waals surface area contributed by atoms with E-state index in [1.807, 2.05) is 17.1 Å². The zero-order chi connectivity index (χ0) is 8.77. The van der Waals surface area contributed by atoms with E-state index < -0.39 is 30.4 Å². The topological polar surface area (TPSA) is 43.4 Å². The first-order valence-electron chi connectivity index (χ1n) is 3.25. The van der Waals surface area contributed by atoms with E-state index in [0.29, 0.717) is 4.90 Å². The van der Waals surface area contributed by atoms with E-state index in [1.165, 1.54) is 0 Å². The summed E-state index contributed by atoms with van der Waals surface area (Å²) in [5, 5.41) is 0. The Bertz CT molecular complexity index is 412. The Morgan fingerprint density at radius 3 is 2.67 bits per heavy atom. The van der Waals surface area contributed by atoms with Crippen molar-refractivity contribution in [2.45, 2.75) is 4.90 Å². The number of halogens is 1. The summed E-state index contributed by atoms with van der Waals surface area (Å²) in [7, 11) is -3.39. The standard InChI is InChI=1S/C7H7IO3S/c1-8-6-4-2-3-5-7(6)12(9,10)11-8/h2-5H,1H3. The Morgan fingerprint density at radius 2 is 2.00 bits per heavy atom. The quantitative estimate of drug-likeness (QED) is 0.540. The molecule has 12 heavy (non-hydrogen) atoms. The van der Waals surface area contributed by atoms with Crippen molar-refractivity contribution < 1.29 is 10.9 Å². The van der Waals surface area contributed by atoms with Crippen LogP contribution in [-0.2, 0) is 12.6 Å². The van der Waals surface area contributed by atoms with Crippen LogP contribution in [-0.4, -0.2) is 13.3 Å². The van der Waals surface area contributed by atoms with Crippen LogP contribution in [0.1, 0.15) is 0 Å². The van der Waals surface area contributed by atoms with Crippen LogP contribution in [0.15, 0.2) is 29.2 Å². The molecular weight excluding hydrogens is 291 g/mol. The van der Waals surface area contributed by atoms with E-state index in [1.54, 1.807) is 12.1 Å². The molecule has 66 valence electrons. The van der Waals surface area contributed by atoms with Gasteiger partial charge in [-0.2, -0.15) is 0 Å². The molecule has 0 bridgehead atoms. The monoisotopic (exact) mass is 298 g/mol. The average molecular weight is 298 g/mol. The third-order valence-corrected chi connectivity index (χ3v) is 8.80. The van der Waals surface area contributed by atoms with Crippen LogP contribution in [0.5, 0.6) is 0 Å². The summed E-state index contributed by atoms with van der Waals surface area (Å²) in [5.74, 6) is 0. The van der Waals surface area contributed by atoms with Gasteiger partial charge < -0.3 is 0 Å². The van der Waals surface area contributed by atoms with Gasteiger partial charge in [0, 0.05) is 0 Å². The zero-order valence-corrected chi connectivity index (χ0v) is 9.29. The van der Waals surface area contributed by atoms with Crippen LogP contribution in [0, 0.1) is 3.57 Å². The van der Waals surface area contributed by atoms with Gasteiger partial charge in [0.1, 0.15) is 0 Å². The van der Waals surface area contributed by atoms with Crippen molar-refractivity contribution in [1.29, 1.82) is 0 Å². The molecule has 0 saturated carbocycles. The van der Waals surface area contributed by atoms with Crippen LogP contribution < -0.4 is 0 Å². The third-order valence-electron chi connectivity index (χ3n) is 1.57. The van der Waals surface area contributed by atoms with Gasteiger partial charge in [0.25, 0.3) is 0 Å². The van der Waals surface area contributed by atoms with Crippen LogP contribution >= 0.6 is 20.2 Å².